The summed E-state index contributed by atoms with van der Waals surface area (Å²) < 4.78 is 16.9. The molecule has 0 saturated heterocycles. The van der Waals surface area contributed by atoms with E-state index in [9.17, 15) is 19.5 Å². The van der Waals surface area contributed by atoms with Gasteiger partial charge in [0.15, 0.2) is 6.10 Å². The number of ether oxygens (including phenoxy) is 3. The van der Waals surface area contributed by atoms with Crippen LogP contribution in [0.1, 0.15) is 97.3 Å². The van der Waals surface area contributed by atoms with Gasteiger partial charge in [-0.1, -0.05) is 106 Å². The maximum Gasteiger partial charge on any atom is 0.306 e. The van der Waals surface area contributed by atoms with Crippen LogP contribution in [0.3, 0.4) is 0 Å². The predicted octanol–water partition coefficient (Wildman–Crippen LogP) is 6.73. The van der Waals surface area contributed by atoms with Crippen molar-refractivity contribution in [2.24, 2.45) is 0 Å². The summed E-state index contributed by atoms with van der Waals surface area (Å²) in [5.41, 5.74) is 0. The molecule has 46 heavy (non-hydrogen) atoms. The largest absolute Gasteiger partial charge is 0.544 e. The molecule has 0 saturated carbocycles. The van der Waals surface area contributed by atoms with E-state index in [2.05, 4.69) is 32.1 Å². The van der Waals surface area contributed by atoms with Gasteiger partial charge in [-0.05, 0) is 44.9 Å². The highest BCUT2D eigenvalue weighted by atomic mass is 16.6. The molecule has 0 aromatic rings. The number of hydrogen-bond acceptors (Lipinski definition) is 7. The second kappa shape index (κ2) is 29.2. The van der Waals surface area contributed by atoms with E-state index < -0.39 is 24.1 Å². The number of unbranched alkanes of at least 4 members (excludes halogenated alkanes) is 6. The molecule has 0 aliphatic carbocycles. The van der Waals surface area contributed by atoms with Crippen LogP contribution in [0, 0.1) is 0 Å². The van der Waals surface area contributed by atoms with E-state index in [1.54, 1.807) is 21.1 Å². The third-order valence-electron chi connectivity index (χ3n) is 6.97. The van der Waals surface area contributed by atoms with Crippen LogP contribution in [-0.2, 0) is 28.6 Å². The van der Waals surface area contributed by atoms with Gasteiger partial charge in [-0.15, -0.1) is 0 Å². The van der Waals surface area contributed by atoms with Crippen LogP contribution in [0.4, 0.5) is 0 Å². The second-order valence-electron chi connectivity index (χ2n) is 12.1. The maximum absolute atomic E-state index is 12.5. The minimum absolute atomic E-state index is 0.00631. The van der Waals surface area contributed by atoms with E-state index in [1.807, 2.05) is 54.7 Å². The molecule has 0 aliphatic heterocycles. The first-order chi connectivity index (χ1) is 22.1. The number of rotatable bonds is 28. The molecule has 0 aromatic carbocycles. The zero-order valence-corrected chi connectivity index (χ0v) is 29.2. The van der Waals surface area contributed by atoms with Gasteiger partial charge in [0.2, 0.25) is 0 Å². The molecule has 0 fully saturated rings. The number of quaternary nitrogens is 1. The molecule has 0 radical (unpaired) electrons. The van der Waals surface area contributed by atoms with E-state index in [-0.39, 0.29) is 49.5 Å². The van der Waals surface area contributed by atoms with Gasteiger partial charge in [-0.2, -0.15) is 0 Å². The molecule has 0 aliphatic rings. The van der Waals surface area contributed by atoms with E-state index >= 15 is 0 Å². The number of carboxylic acid groups (broad SMARTS) is 1. The molecule has 0 heterocycles. The highest BCUT2D eigenvalue weighted by Crippen LogP contribution is 2.10. The zero-order valence-electron chi connectivity index (χ0n) is 29.2. The first kappa shape index (κ1) is 42.8. The van der Waals surface area contributed by atoms with Crippen molar-refractivity contribution in [2.75, 3.05) is 41.0 Å². The van der Waals surface area contributed by atoms with Crippen LogP contribution < -0.4 is 5.11 Å². The average molecular weight is 644 g/mol. The molecule has 2 unspecified atom stereocenters. The van der Waals surface area contributed by atoms with Crippen molar-refractivity contribution >= 4 is 17.9 Å². The Morgan fingerprint density at radius 3 is 1.91 bits per heavy atom. The fourth-order valence-corrected chi connectivity index (χ4v) is 4.28. The molecule has 0 bridgehead atoms. The fraction of sp³-hybridized carbons (Fsp3) is 0.605. The Kier molecular flexibility index (Phi) is 27.1. The molecule has 0 amide bonds. The van der Waals surface area contributed by atoms with Gasteiger partial charge < -0.3 is 28.6 Å². The molecule has 8 nitrogen and oxygen atoms in total. The SMILES string of the molecule is CC/C=C/C=C/C=C/C=C/C=C/CCCCCC(=O)OCC(COCCC(C(=O)[O-])[N+](C)(C)C)OC(=O)CC/C=C/CCCCC. The lowest BCUT2D eigenvalue weighted by atomic mass is 10.1. The number of aliphatic carboxylic acids is 1. The summed E-state index contributed by atoms with van der Waals surface area (Å²) in [7, 11) is 5.35. The second-order valence-corrected chi connectivity index (χ2v) is 12.1. The topological polar surface area (TPSA) is 102 Å². The standard InChI is InChI=1S/C38H61NO7/c1-6-8-10-12-14-15-16-17-18-19-20-21-23-24-26-28-36(40)45-33-34(32-44-31-30-35(38(42)43)39(3,4)5)46-37(41)29-27-25-22-13-11-9-7-2/h8,10,12,14-20,22,25,34-35H,6-7,9,11,13,21,23-24,26-33H2,1-5H3/b10-8+,14-12+,16-15+,18-17+,20-19+,25-22+. The van der Waals surface area contributed by atoms with Crippen LogP contribution in [0.25, 0.3) is 0 Å². The summed E-state index contributed by atoms with van der Waals surface area (Å²) in [6.45, 7) is 4.31. The van der Waals surface area contributed by atoms with Crippen molar-refractivity contribution in [1.82, 2.24) is 0 Å². The van der Waals surface area contributed by atoms with Crippen LogP contribution in [0.5, 0.6) is 0 Å². The normalized spacial score (nSPS) is 14.0. The van der Waals surface area contributed by atoms with Gasteiger partial charge >= 0.3 is 11.9 Å². The Labute approximate surface area is 279 Å². The smallest absolute Gasteiger partial charge is 0.306 e. The van der Waals surface area contributed by atoms with Gasteiger partial charge in [-0.3, -0.25) is 9.59 Å². The van der Waals surface area contributed by atoms with Gasteiger partial charge in [0, 0.05) is 19.3 Å². The lowest BCUT2D eigenvalue weighted by molar-refractivity contribution is -0.889. The summed E-state index contributed by atoms with van der Waals surface area (Å²) in [5.74, 6) is -1.88. The van der Waals surface area contributed by atoms with E-state index in [1.165, 1.54) is 12.8 Å². The third-order valence-corrected chi connectivity index (χ3v) is 6.97. The first-order valence-electron chi connectivity index (χ1n) is 17.0. The average Bonchev–Trinajstić information content (AvgIpc) is 3.00. The summed E-state index contributed by atoms with van der Waals surface area (Å²) >= 11 is 0. The summed E-state index contributed by atoms with van der Waals surface area (Å²) in [6.07, 6.45) is 33.9. The molecular weight excluding hydrogens is 582 g/mol. The highest BCUT2D eigenvalue weighted by molar-refractivity contribution is 5.70. The van der Waals surface area contributed by atoms with Crippen LogP contribution in [-0.4, -0.2) is 75.5 Å². The zero-order chi connectivity index (χ0) is 34.3. The fourth-order valence-electron chi connectivity index (χ4n) is 4.28. The number of carboxylic acids is 1. The highest BCUT2D eigenvalue weighted by Gasteiger charge is 2.25. The van der Waals surface area contributed by atoms with Crippen LogP contribution in [0.15, 0.2) is 72.9 Å². The van der Waals surface area contributed by atoms with Crippen molar-refractivity contribution < 1.29 is 38.2 Å². The van der Waals surface area contributed by atoms with Crippen molar-refractivity contribution in [3.05, 3.63) is 72.9 Å². The summed E-state index contributed by atoms with van der Waals surface area (Å²) in [6, 6.07) is -0.738. The van der Waals surface area contributed by atoms with Crippen LogP contribution in [0.2, 0.25) is 0 Å². The number of esters is 2. The Morgan fingerprint density at radius 1 is 0.674 bits per heavy atom. The molecule has 0 rings (SSSR count). The van der Waals surface area contributed by atoms with Crippen molar-refractivity contribution in [3.63, 3.8) is 0 Å². The van der Waals surface area contributed by atoms with Gasteiger partial charge in [0.05, 0.1) is 40.3 Å². The van der Waals surface area contributed by atoms with Crippen LogP contribution >= 0.6 is 0 Å². The number of hydrogen-bond donors (Lipinski definition) is 0. The molecule has 0 aromatic heterocycles. The summed E-state index contributed by atoms with van der Waals surface area (Å²) in [4.78, 5) is 36.4. The molecular formula is C38H61NO7. The number of nitrogens with zero attached hydrogens (tertiary/aromatic N) is 1. The van der Waals surface area contributed by atoms with Gasteiger partial charge in [0.25, 0.3) is 0 Å². The predicted molar refractivity (Wildman–Crippen MR) is 185 cm³/mol. The molecule has 8 heteroatoms. The van der Waals surface area contributed by atoms with Crippen molar-refractivity contribution in [3.8, 4) is 0 Å². The number of allylic oxidation sites excluding steroid dienone is 12. The molecule has 0 spiro atoms. The van der Waals surface area contributed by atoms with E-state index in [4.69, 9.17) is 14.2 Å². The maximum atomic E-state index is 12.5. The lowest BCUT2D eigenvalue weighted by Gasteiger charge is -2.34. The van der Waals surface area contributed by atoms with Crippen molar-refractivity contribution in [1.29, 1.82) is 0 Å². The number of carbonyl (C=O) groups is 3. The lowest BCUT2D eigenvalue weighted by Crippen LogP contribution is -2.55. The van der Waals surface area contributed by atoms with Gasteiger partial charge in [0.1, 0.15) is 12.6 Å². The van der Waals surface area contributed by atoms with E-state index in [0.717, 1.165) is 38.5 Å². The minimum Gasteiger partial charge on any atom is -0.544 e. The molecule has 260 valence electrons. The number of carbonyl (C=O) groups excluding carboxylic acids is 3. The van der Waals surface area contributed by atoms with E-state index in [0.29, 0.717) is 12.8 Å². The Bertz CT molecular complexity index is 985. The molecule has 2 atom stereocenters. The number of likely N-dealkylation sites (N-methyl/N-ethyl adjacent to an activating group) is 1. The minimum atomic E-state index is -1.14. The Hall–Kier alpha value is -3.23. The first-order valence-corrected chi connectivity index (χ1v) is 17.0. The molecule has 0 N–H and O–H groups in total. The van der Waals surface area contributed by atoms with Crippen molar-refractivity contribution in [2.45, 2.75) is 109 Å². The third kappa shape index (κ3) is 27.1. The Morgan fingerprint density at radius 2 is 1.28 bits per heavy atom. The Balaban J connectivity index is 4.56. The monoisotopic (exact) mass is 643 g/mol. The quantitative estimate of drug-likeness (QED) is 0.0306. The summed E-state index contributed by atoms with van der Waals surface area (Å²) in [5, 5.41) is 11.5. The van der Waals surface area contributed by atoms with Gasteiger partial charge in [-0.25, -0.2) is 0 Å².